The maximum absolute atomic E-state index is 10.5. The molecule has 1 fully saturated rings. The van der Waals surface area contributed by atoms with Crippen LogP contribution in [0, 0.1) is 0 Å². The van der Waals surface area contributed by atoms with Gasteiger partial charge < -0.3 is 20.1 Å². The highest BCUT2D eigenvalue weighted by atomic mass is 16.8. The predicted molar refractivity (Wildman–Crippen MR) is 42.7 cm³/mol. The van der Waals surface area contributed by atoms with Gasteiger partial charge in [-0.1, -0.05) is 0 Å². The molecular formula is C7H13NO6. The number of ether oxygens (including phenoxy) is 1. The van der Waals surface area contributed by atoms with Crippen LogP contribution in [0.25, 0.3) is 0 Å². The molecule has 0 aromatic heterocycles. The third kappa shape index (κ3) is 2.40. The lowest BCUT2D eigenvalue weighted by atomic mass is 10.1. The predicted octanol–water partition coefficient (Wildman–Crippen LogP) is -2.51. The van der Waals surface area contributed by atoms with Crippen LogP contribution in [0.15, 0.2) is 0 Å². The highest BCUT2D eigenvalue weighted by Gasteiger charge is 2.43. The quantitative estimate of drug-likeness (QED) is 0.381. The van der Waals surface area contributed by atoms with Crippen molar-refractivity contribution in [1.29, 1.82) is 0 Å². The Morgan fingerprint density at radius 2 is 2.14 bits per heavy atom. The molecule has 1 rings (SSSR count). The van der Waals surface area contributed by atoms with Gasteiger partial charge in [0.15, 0.2) is 0 Å². The topological polar surface area (TPSA) is 108 Å². The normalized spacial score (nSPS) is 37.1. The Hall–Kier alpha value is -0.730. The van der Waals surface area contributed by atoms with Crippen LogP contribution in [0.4, 0.5) is 0 Å². The number of hydrogen-bond donors (Lipinski definition) is 4. The Morgan fingerprint density at radius 1 is 1.50 bits per heavy atom. The molecule has 4 N–H and O–H groups in total. The molecule has 0 saturated carbocycles. The van der Waals surface area contributed by atoms with Gasteiger partial charge in [0, 0.05) is 6.92 Å². The lowest BCUT2D eigenvalue weighted by Gasteiger charge is -2.14. The van der Waals surface area contributed by atoms with E-state index in [-0.39, 0.29) is 0 Å². The second kappa shape index (κ2) is 4.67. The number of hydroxylamine groups is 1. The zero-order valence-electron chi connectivity index (χ0n) is 7.58. The molecule has 0 aliphatic carbocycles. The molecule has 0 aromatic carbocycles. The van der Waals surface area contributed by atoms with Crippen molar-refractivity contribution in [2.24, 2.45) is 0 Å². The first-order valence-electron chi connectivity index (χ1n) is 4.11. The van der Waals surface area contributed by atoms with Gasteiger partial charge in [0.25, 0.3) is 0 Å². The highest BCUT2D eigenvalue weighted by molar-refractivity contribution is 5.71. The summed E-state index contributed by atoms with van der Waals surface area (Å²) in [6.07, 6.45) is -4.58. The minimum Gasteiger partial charge on any atom is -0.394 e. The minimum absolute atomic E-state index is 0.432. The molecule has 7 heteroatoms. The first kappa shape index (κ1) is 11.3. The fourth-order valence-electron chi connectivity index (χ4n) is 1.10. The SMILES string of the molecule is CC(=O)NOC1O[C@H](CO)[C@H](O)[C@H]1O. The number of aliphatic hydroxyl groups is 3. The molecule has 1 heterocycles. The van der Waals surface area contributed by atoms with Crippen molar-refractivity contribution in [2.75, 3.05) is 6.61 Å². The van der Waals surface area contributed by atoms with Gasteiger partial charge in [-0.15, -0.1) is 0 Å². The summed E-state index contributed by atoms with van der Waals surface area (Å²) in [5.74, 6) is -0.456. The van der Waals surface area contributed by atoms with Crippen LogP contribution in [0.2, 0.25) is 0 Å². The summed E-state index contributed by atoms with van der Waals surface area (Å²) < 4.78 is 4.90. The third-order valence-electron chi connectivity index (χ3n) is 1.82. The van der Waals surface area contributed by atoms with Gasteiger partial charge in [-0.2, -0.15) is 0 Å². The van der Waals surface area contributed by atoms with E-state index in [0.717, 1.165) is 0 Å². The summed E-state index contributed by atoms with van der Waals surface area (Å²) in [5.41, 5.74) is 1.97. The van der Waals surface area contributed by atoms with E-state index in [9.17, 15) is 15.0 Å². The Balaban J connectivity index is 2.44. The minimum atomic E-state index is -1.29. The fourth-order valence-corrected chi connectivity index (χ4v) is 1.10. The molecule has 0 radical (unpaired) electrons. The van der Waals surface area contributed by atoms with E-state index in [4.69, 9.17) is 9.84 Å². The lowest BCUT2D eigenvalue weighted by Crippen LogP contribution is -2.37. The van der Waals surface area contributed by atoms with Crippen LogP contribution in [0.5, 0.6) is 0 Å². The van der Waals surface area contributed by atoms with Crippen LogP contribution >= 0.6 is 0 Å². The van der Waals surface area contributed by atoms with Crippen LogP contribution in [-0.4, -0.2) is 52.4 Å². The third-order valence-corrected chi connectivity index (χ3v) is 1.82. The molecule has 14 heavy (non-hydrogen) atoms. The second-order valence-corrected chi connectivity index (χ2v) is 2.98. The summed E-state index contributed by atoms with van der Waals surface area (Å²) in [6, 6.07) is 0. The van der Waals surface area contributed by atoms with Crippen molar-refractivity contribution >= 4 is 5.91 Å². The Bertz CT molecular complexity index is 210. The Labute approximate surface area is 80.2 Å². The summed E-state index contributed by atoms with van der Waals surface area (Å²) in [7, 11) is 0. The Kier molecular flexibility index (Phi) is 3.78. The molecule has 1 amide bonds. The van der Waals surface area contributed by atoms with Crippen LogP contribution in [0.3, 0.4) is 0 Å². The average Bonchev–Trinajstić information content (AvgIpc) is 2.41. The maximum Gasteiger partial charge on any atom is 0.240 e. The van der Waals surface area contributed by atoms with Crippen molar-refractivity contribution in [3.8, 4) is 0 Å². The molecular weight excluding hydrogens is 194 g/mol. The van der Waals surface area contributed by atoms with Crippen LogP contribution in [-0.2, 0) is 14.4 Å². The first-order chi connectivity index (χ1) is 6.56. The molecule has 0 bridgehead atoms. The molecule has 0 spiro atoms. The highest BCUT2D eigenvalue weighted by Crippen LogP contribution is 2.20. The maximum atomic E-state index is 10.5. The zero-order valence-corrected chi connectivity index (χ0v) is 7.58. The smallest absolute Gasteiger partial charge is 0.240 e. The van der Waals surface area contributed by atoms with Crippen molar-refractivity contribution in [3.05, 3.63) is 0 Å². The molecule has 1 aliphatic rings. The summed E-state index contributed by atoms with van der Waals surface area (Å²) >= 11 is 0. The van der Waals surface area contributed by atoms with Gasteiger partial charge >= 0.3 is 0 Å². The van der Waals surface area contributed by atoms with E-state index in [1.54, 1.807) is 0 Å². The van der Waals surface area contributed by atoms with Gasteiger partial charge in [-0.3, -0.25) is 4.79 Å². The number of hydrogen-bond acceptors (Lipinski definition) is 6. The Morgan fingerprint density at radius 3 is 2.57 bits per heavy atom. The van der Waals surface area contributed by atoms with E-state index < -0.39 is 37.1 Å². The van der Waals surface area contributed by atoms with E-state index in [1.165, 1.54) is 6.92 Å². The molecule has 1 saturated heterocycles. The van der Waals surface area contributed by atoms with Gasteiger partial charge in [0.05, 0.1) is 6.61 Å². The van der Waals surface area contributed by atoms with E-state index >= 15 is 0 Å². The van der Waals surface area contributed by atoms with Gasteiger partial charge in [0.1, 0.15) is 18.3 Å². The average molecular weight is 207 g/mol. The molecule has 0 aromatic rings. The van der Waals surface area contributed by atoms with Crippen molar-refractivity contribution in [3.63, 3.8) is 0 Å². The molecule has 1 unspecified atom stereocenters. The van der Waals surface area contributed by atoms with Crippen LogP contribution < -0.4 is 5.48 Å². The number of aliphatic hydroxyl groups excluding tert-OH is 3. The van der Waals surface area contributed by atoms with Gasteiger partial charge in [-0.25, -0.2) is 10.3 Å². The zero-order chi connectivity index (χ0) is 10.7. The number of carbonyl (C=O) groups is 1. The largest absolute Gasteiger partial charge is 0.394 e. The van der Waals surface area contributed by atoms with Crippen LogP contribution in [0.1, 0.15) is 6.92 Å². The fraction of sp³-hybridized carbons (Fsp3) is 0.857. The standard InChI is InChI=1S/C7H13NO6/c1-3(10)8-14-7-6(12)5(11)4(2-9)13-7/h4-7,9,11-12H,2H2,1H3,(H,8,10)/t4-,5+,6-,7?/m1/s1. The number of rotatable bonds is 3. The van der Waals surface area contributed by atoms with Crippen molar-refractivity contribution in [2.45, 2.75) is 31.5 Å². The van der Waals surface area contributed by atoms with Gasteiger partial charge in [0.2, 0.25) is 12.2 Å². The summed E-state index contributed by atoms with van der Waals surface area (Å²) in [5, 5.41) is 27.3. The number of nitrogens with one attached hydrogen (secondary N) is 1. The second-order valence-electron chi connectivity index (χ2n) is 2.98. The molecule has 4 atom stereocenters. The number of carbonyl (C=O) groups excluding carboxylic acids is 1. The van der Waals surface area contributed by atoms with E-state index in [1.807, 2.05) is 5.48 Å². The lowest BCUT2D eigenvalue weighted by molar-refractivity contribution is -0.203. The molecule has 7 nitrogen and oxygen atoms in total. The first-order valence-corrected chi connectivity index (χ1v) is 4.11. The van der Waals surface area contributed by atoms with E-state index in [0.29, 0.717) is 0 Å². The van der Waals surface area contributed by atoms with E-state index in [2.05, 4.69) is 4.84 Å². The van der Waals surface area contributed by atoms with Crippen molar-refractivity contribution < 1.29 is 29.7 Å². The summed E-state index contributed by atoms with van der Waals surface area (Å²) in [6.45, 7) is 0.791. The van der Waals surface area contributed by atoms with Gasteiger partial charge in [-0.05, 0) is 0 Å². The number of amides is 1. The molecule has 82 valence electrons. The summed E-state index contributed by atoms with van der Waals surface area (Å²) in [4.78, 5) is 15.1. The van der Waals surface area contributed by atoms with Crippen molar-refractivity contribution in [1.82, 2.24) is 5.48 Å². The monoisotopic (exact) mass is 207 g/mol. The molecule has 1 aliphatic heterocycles.